The van der Waals surface area contributed by atoms with Crippen LogP contribution in [-0.4, -0.2) is 5.71 Å². The summed E-state index contributed by atoms with van der Waals surface area (Å²) >= 11 is 0. The molecule has 0 bridgehead atoms. The largest absolute Gasteiger partial charge is 0.243 e. The fourth-order valence-corrected chi connectivity index (χ4v) is 3.08. The first-order valence-electron chi connectivity index (χ1n) is 6.89. The highest BCUT2D eigenvalue weighted by atomic mass is 16.6. The predicted molar refractivity (Wildman–Crippen MR) is 77.3 cm³/mol. The van der Waals surface area contributed by atoms with Gasteiger partial charge in [-0.1, -0.05) is 30.3 Å². The van der Waals surface area contributed by atoms with Crippen molar-refractivity contribution in [2.75, 3.05) is 0 Å². The monoisotopic (exact) mass is 254 g/mol. The van der Waals surface area contributed by atoms with Crippen molar-refractivity contribution in [3.63, 3.8) is 0 Å². The number of rotatable bonds is 1. The van der Waals surface area contributed by atoms with E-state index < -0.39 is 0 Å². The zero-order valence-electron chi connectivity index (χ0n) is 11.8. The molecule has 2 heteroatoms. The Morgan fingerprint density at radius 3 is 2.79 bits per heavy atom. The minimum absolute atomic E-state index is 0.0450. The van der Waals surface area contributed by atoms with Gasteiger partial charge < -0.3 is 0 Å². The Morgan fingerprint density at radius 1 is 1.21 bits per heavy atom. The van der Waals surface area contributed by atoms with Crippen LogP contribution in [0.5, 0.6) is 0 Å². The molecule has 1 aromatic carbocycles. The van der Waals surface area contributed by atoms with Crippen LogP contribution in [0.2, 0.25) is 0 Å². The van der Waals surface area contributed by atoms with Crippen molar-refractivity contribution in [1.29, 1.82) is 0 Å². The second-order valence-electron chi connectivity index (χ2n) is 5.70. The number of hydrogen-bond donors (Lipinski definition) is 1. The molecular formula is C17H20NO+. The number of fused-ring (bicyclic) bond motifs is 2. The van der Waals surface area contributed by atoms with Crippen LogP contribution in [0.1, 0.15) is 38.3 Å². The molecule has 2 nitrogen and oxygen atoms in total. The van der Waals surface area contributed by atoms with Gasteiger partial charge in [-0.05, 0) is 43.5 Å². The van der Waals surface area contributed by atoms with E-state index in [1.807, 2.05) is 13.0 Å². The minimum Gasteiger partial charge on any atom is -0.243 e. The van der Waals surface area contributed by atoms with E-state index in [4.69, 9.17) is 4.84 Å². The van der Waals surface area contributed by atoms with Crippen LogP contribution in [0.3, 0.4) is 0 Å². The van der Waals surface area contributed by atoms with Crippen LogP contribution in [0, 0.1) is 5.41 Å². The maximum Gasteiger partial charge on any atom is 0.235 e. The lowest BCUT2D eigenvalue weighted by Gasteiger charge is -2.32. The number of nitrogens with one attached hydrogen (secondary N) is 1. The lowest BCUT2D eigenvalue weighted by Crippen LogP contribution is -2.76. The molecule has 2 aliphatic rings. The Kier molecular flexibility index (Phi) is 2.81. The highest BCUT2D eigenvalue weighted by Gasteiger charge is 2.42. The van der Waals surface area contributed by atoms with E-state index in [2.05, 4.69) is 49.3 Å². The Bertz CT molecular complexity index is 605. The Labute approximate surface area is 114 Å². The van der Waals surface area contributed by atoms with Crippen LogP contribution in [0.4, 0.5) is 0 Å². The van der Waals surface area contributed by atoms with Crippen molar-refractivity contribution in [3.8, 4) is 0 Å². The molecule has 0 saturated heterocycles. The van der Waals surface area contributed by atoms with E-state index in [1.165, 1.54) is 16.7 Å². The Balaban J connectivity index is 2.16. The SMILES string of the molecule is C/C=C/C1=[NH+]OC2=C(c3ccccc3CC2)C1(C)C. The third kappa shape index (κ3) is 1.83. The van der Waals surface area contributed by atoms with Crippen molar-refractivity contribution in [3.05, 3.63) is 53.3 Å². The molecule has 19 heavy (non-hydrogen) atoms. The standard InChI is InChI=1S/C17H19NO/c1-4-7-15-17(2,3)16-13-9-6-5-8-12(13)10-11-14(16)19-18-15/h4-9H,10-11H2,1-3H3/p+1/b7-4+. The Morgan fingerprint density at radius 2 is 2.00 bits per heavy atom. The summed E-state index contributed by atoms with van der Waals surface area (Å²) in [6, 6.07) is 8.68. The van der Waals surface area contributed by atoms with Crippen LogP contribution in [0.15, 0.2) is 42.2 Å². The molecule has 0 radical (unpaired) electrons. The lowest BCUT2D eigenvalue weighted by atomic mass is 9.71. The summed E-state index contributed by atoms with van der Waals surface area (Å²) in [5.74, 6) is 1.09. The maximum atomic E-state index is 5.78. The zero-order valence-corrected chi connectivity index (χ0v) is 11.8. The van der Waals surface area contributed by atoms with Gasteiger partial charge in [-0.2, -0.15) is 0 Å². The first kappa shape index (κ1) is 12.2. The molecule has 1 aromatic rings. The number of allylic oxidation sites excluding steroid dienone is 4. The molecule has 0 amide bonds. The van der Waals surface area contributed by atoms with Crippen LogP contribution in [0.25, 0.3) is 5.57 Å². The second kappa shape index (κ2) is 4.37. The lowest BCUT2D eigenvalue weighted by molar-refractivity contribution is -0.741. The quantitative estimate of drug-likeness (QED) is 0.817. The van der Waals surface area contributed by atoms with Gasteiger partial charge in [0.1, 0.15) is 0 Å². The van der Waals surface area contributed by atoms with Gasteiger partial charge in [0.25, 0.3) is 0 Å². The molecule has 0 aromatic heterocycles. The highest BCUT2D eigenvalue weighted by Crippen LogP contribution is 2.44. The van der Waals surface area contributed by atoms with Crippen LogP contribution < -0.4 is 5.16 Å². The van der Waals surface area contributed by atoms with E-state index in [1.54, 1.807) is 0 Å². The van der Waals surface area contributed by atoms with E-state index in [0.29, 0.717) is 0 Å². The van der Waals surface area contributed by atoms with Gasteiger partial charge in [-0.15, -0.1) is 0 Å². The third-order valence-corrected chi connectivity index (χ3v) is 4.10. The molecule has 1 aliphatic heterocycles. The molecule has 98 valence electrons. The van der Waals surface area contributed by atoms with Gasteiger partial charge >= 0.3 is 0 Å². The number of hydrogen-bond acceptors (Lipinski definition) is 1. The Hall–Kier alpha value is -1.83. The normalized spacial score (nSPS) is 20.7. The molecule has 3 rings (SSSR count). The molecule has 0 unspecified atom stereocenters. The number of benzene rings is 1. The summed E-state index contributed by atoms with van der Waals surface area (Å²) in [4.78, 5) is 5.78. The zero-order chi connectivity index (χ0) is 13.5. The topological polar surface area (TPSA) is 23.2 Å². The fraction of sp³-hybridized carbons (Fsp3) is 0.353. The first-order chi connectivity index (χ1) is 9.14. The molecule has 0 saturated carbocycles. The van der Waals surface area contributed by atoms with E-state index in [9.17, 15) is 0 Å². The highest BCUT2D eigenvalue weighted by molar-refractivity contribution is 6.05. The average molecular weight is 254 g/mol. The summed E-state index contributed by atoms with van der Waals surface area (Å²) in [6.07, 6.45) is 6.19. The molecule has 0 atom stereocenters. The first-order valence-corrected chi connectivity index (χ1v) is 6.89. The second-order valence-corrected chi connectivity index (χ2v) is 5.70. The van der Waals surface area contributed by atoms with Gasteiger partial charge in [0.05, 0.1) is 5.41 Å². The van der Waals surface area contributed by atoms with E-state index in [0.717, 1.165) is 24.3 Å². The van der Waals surface area contributed by atoms with Gasteiger partial charge in [-0.3, -0.25) is 0 Å². The molecule has 0 fully saturated rings. The summed E-state index contributed by atoms with van der Waals surface area (Å²) in [5, 5.41) is 3.11. The van der Waals surface area contributed by atoms with Crippen molar-refractivity contribution in [1.82, 2.24) is 0 Å². The molecule has 0 spiro atoms. The molecule has 1 heterocycles. The van der Waals surface area contributed by atoms with E-state index >= 15 is 0 Å². The summed E-state index contributed by atoms with van der Waals surface area (Å²) in [7, 11) is 0. The van der Waals surface area contributed by atoms with Gasteiger partial charge in [-0.25, -0.2) is 4.84 Å². The summed E-state index contributed by atoms with van der Waals surface area (Å²) < 4.78 is 0. The van der Waals surface area contributed by atoms with Gasteiger partial charge in [0, 0.05) is 18.1 Å². The summed E-state index contributed by atoms with van der Waals surface area (Å²) in [5.41, 5.74) is 5.18. The fourth-order valence-electron chi connectivity index (χ4n) is 3.08. The van der Waals surface area contributed by atoms with Crippen LogP contribution >= 0.6 is 0 Å². The van der Waals surface area contributed by atoms with Crippen molar-refractivity contribution in [2.24, 2.45) is 5.41 Å². The minimum atomic E-state index is -0.0450. The van der Waals surface area contributed by atoms with Crippen molar-refractivity contribution in [2.45, 2.75) is 33.6 Å². The molecule has 1 aliphatic carbocycles. The number of aryl methyl sites for hydroxylation is 1. The van der Waals surface area contributed by atoms with Gasteiger partial charge in [0.2, 0.25) is 5.71 Å². The average Bonchev–Trinajstić information content (AvgIpc) is 2.41. The van der Waals surface area contributed by atoms with Gasteiger partial charge in [0.15, 0.2) is 5.76 Å². The molecule has 1 N–H and O–H groups in total. The smallest absolute Gasteiger partial charge is 0.235 e. The van der Waals surface area contributed by atoms with Crippen molar-refractivity contribution < 1.29 is 9.99 Å². The van der Waals surface area contributed by atoms with Crippen LogP contribution in [-0.2, 0) is 11.3 Å². The predicted octanol–water partition coefficient (Wildman–Crippen LogP) is 2.41. The molecular weight excluding hydrogens is 234 g/mol. The third-order valence-electron chi connectivity index (χ3n) is 4.10. The summed E-state index contributed by atoms with van der Waals surface area (Å²) in [6.45, 7) is 6.55. The maximum absolute atomic E-state index is 5.78. The van der Waals surface area contributed by atoms with Crippen molar-refractivity contribution >= 4 is 11.3 Å². The van der Waals surface area contributed by atoms with E-state index in [-0.39, 0.29) is 5.41 Å².